The first-order valence-electron chi connectivity index (χ1n) is 8.91. The maximum absolute atomic E-state index is 13.3. The number of halogens is 1. The lowest BCUT2D eigenvalue weighted by molar-refractivity contribution is -0.134. The Balaban J connectivity index is 1.41. The van der Waals surface area contributed by atoms with Gasteiger partial charge in [-0.15, -0.1) is 0 Å². The second-order valence-corrected chi connectivity index (χ2v) is 7.94. The number of hydrogen-bond acceptors (Lipinski definition) is 2. The molecule has 25 heavy (non-hydrogen) atoms. The predicted octanol–water partition coefficient (Wildman–Crippen LogP) is 4.03. The molecular formula is C21H20ClNO2. The summed E-state index contributed by atoms with van der Waals surface area (Å²) in [6.45, 7) is 2.08. The van der Waals surface area contributed by atoms with E-state index in [-0.39, 0.29) is 16.9 Å². The lowest BCUT2D eigenvalue weighted by atomic mass is 9.91. The molecule has 2 heterocycles. The van der Waals surface area contributed by atoms with Gasteiger partial charge in [0.15, 0.2) is 0 Å². The number of carbonyl (C=O) groups is 1. The van der Waals surface area contributed by atoms with Crippen LogP contribution in [0.25, 0.3) is 0 Å². The van der Waals surface area contributed by atoms with Crippen LogP contribution >= 0.6 is 11.6 Å². The smallest absolute Gasteiger partial charge is 0.233 e. The first-order valence-corrected chi connectivity index (χ1v) is 9.29. The Labute approximate surface area is 152 Å². The van der Waals surface area contributed by atoms with Gasteiger partial charge >= 0.3 is 0 Å². The molecule has 1 saturated heterocycles. The number of carbonyl (C=O) groups excluding carboxylic acids is 1. The topological polar surface area (TPSA) is 29.5 Å². The molecule has 128 valence electrons. The third-order valence-electron chi connectivity index (χ3n) is 6.09. The molecule has 2 aromatic rings. The van der Waals surface area contributed by atoms with Crippen molar-refractivity contribution in [2.75, 3.05) is 13.1 Å². The molecule has 0 bridgehead atoms. The van der Waals surface area contributed by atoms with Gasteiger partial charge in [0.1, 0.15) is 5.60 Å². The summed E-state index contributed by atoms with van der Waals surface area (Å²) in [5, 5.41) is 0.711. The minimum absolute atomic E-state index is 0.250. The van der Waals surface area contributed by atoms with E-state index < -0.39 is 0 Å². The summed E-state index contributed by atoms with van der Waals surface area (Å²) in [4.78, 5) is 15.3. The highest BCUT2D eigenvalue weighted by molar-refractivity contribution is 6.30. The summed E-state index contributed by atoms with van der Waals surface area (Å²) in [5.74, 6) is 0.250. The van der Waals surface area contributed by atoms with E-state index in [1.807, 2.05) is 29.2 Å². The molecule has 1 atom stereocenters. The number of ether oxygens (including phenoxy) is 1. The lowest BCUT2D eigenvalue weighted by Gasteiger charge is -2.27. The molecule has 2 aliphatic heterocycles. The largest absolute Gasteiger partial charge is 0.364 e. The van der Waals surface area contributed by atoms with Crippen LogP contribution in [0.3, 0.4) is 0 Å². The Hall–Kier alpha value is -1.84. The van der Waals surface area contributed by atoms with Gasteiger partial charge in [-0.25, -0.2) is 0 Å². The zero-order chi connectivity index (χ0) is 17.1. The fourth-order valence-corrected chi connectivity index (χ4v) is 4.63. The summed E-state index contributed by atoms with van der Waals surface area (Å²) in [6, 6.07) is 16.2. The van der Waals surface area contributed by atoms with E-state index in [2.05, 4.69) is 24.3 Å². The molecule has 2 aromatic carbocycles. The number of fused-ring (bicyclic) bond motifs is 2. The van der Waals surface area contributed by atoms with Crippen molar-refractivity contribution in [2.24, 2.45) is 0 Å². The predicted molar refractivity (Wildman–Crippen MR) is 96.5 cm³/mol. The van der Waals surface area contributed by atoms with Gasteiger partial charge in [0.05, 0.1) is 18.6 Å². The van der Waals surface area contributed by atoms with Crippen LogP contribution in [0.2, 0.25) is 5.02 Å². The van der Waals surface area contributed by atoms with Crippen LogP contribution in [0.5, 0.6) is 0 Å². The summed E-state index contributed by atoms with van der Waals surface area (Å²) < 4.78 is 6.20. The summed E-state index contributed by atoms with van der Waals surface area (Å²) in [7, 11) is 0. The highest BCUT2D eigenvalue weighted by Crippen LogP contribution is 2.52. The van der Waals surface area contributed by atoms with Gasteiger partial charge < -0.3 is 9.64 Å². The molecule has 0 aromatic heterocycles. The standard InChI is InChI=1S/C21H20ClNO2/c22-17-7-5-16(6-8-17)20(9-10-20)19(24)23-12-11-21(14-23)18-4-2-1-3-15(18)13-25-21/h1-8H,9-14H2/t21-/m0/s1. The van der Waals surface area contributed by atoms with Gasteiger partial charge in [-0.3, -0.25) is 4.79 Å². The Morgan fingerprint density at radius 1 is 1.04 bits per heavy atom. The average molecular weight is 354 g/mol. The van der Waals surface area contributed by atoms with Crippen molar-refractivity contribution in [1.82, 2.24) is 4.90 Å². The molecule has 1 aliphatic carbocycles. The van der Waals surface area contributed by atoms with Crippen LogP contribution in [-0.2, 0) is 27.2 Å². The molecule has 0 unspecified atom stereocenters. The van der Waals surface area contributed by atoms with E-state index in [4.69, 9.17) is 16.3 Å². The molecule has 0 radical (unpaired) electrons. The Kier molecular flexibility index (Phi) is 3.28. The molecule has 1 amide bonds. The quantitative estimate of drug-likeness (QED) is 0.815. The number of hydrogen-bond donors (Lipinski definition) is 0. The minimum Gasteiger partial charge on any atom is -0.364 e. The fourth-order valence-electron chi connectivity index (χ4n) is 4.50. The van der Waals surface area contributed by atoms with Gasteiger partial charge in [-0.2, -0.15) is 0 Å². The maximum atomic E-state index is 13.3. The highest BCUT2D eigenvalue weighted by atomic mass is 35.5. The average Bonchev–Trinajstić information content (AvgIpc) is 3.22. The Morgan fingerprint density at radius 3 is 2.56 bits per heavy atom. The number of amides is 1. The van der Waals surface area contributed by atoms with Gasteiger partial charge in [0.25, 0.3) is 0 Å². The molecule has 1 saturated carbocycles. The van der Waals surface area contributed by atoms with E-state index in [0.717, 1.165) is 31.4 Å². The monoisotopic (exact) mass is 353 g/mol. The molecule has 5 rings (SSSR count). The molecule has 1 spiro atoms. The van der Waals surface area contributed by atoms with Crippen LogP contribution < -0.4 is 0 Å². The summed E-state index contributed by atoms with van der Waals surface area (Å²) in [6.07, 6.45) is 2.73. The van der Waals surface area contributed by atoms with E-state index in [1.54, 1.807) is 0 Å². The van der Waals surface area contributed by atoms with E-state index in [1.165, 1.54) is 11.1 Å². The third-order valence-corrected chi connectivity index (χ3v) is 6.34. The normalized spacial score (nSPS) is 26.0. The van der Waals surface area contributed by atoms with Crippen molar-refractivity contribution < 1.29 is 9.53 Å². The molecule has 0 N–H and O–H groups in total. The zero-order valence-electron chi connectivity index (χ0n) is 14.0. The van der Waals surface area contributed by atoms with Crippen LogP contribution in [0, 0.1) is 0 Å². The van der Waals surface area contributed by atoms with Crippen molar-refractivity contribution >= 4 is 17.5 Å². The minimum atomic E-state index is -0.339. The van der Waals surface area contributed by atoms with E-state index >= 15 is 0 Å². The van der Waals surface area contributed by atoms with Gasteiger partial charge in [0.2, 0.25) is 5.91 Å². The lowest BCUT2D eigenvalue weighted by Crippen LogP contribution is -2.40. The van der Waals surface area contributed by atoms with Crippen LogP contribution in [0.4, 0.5) is 0 Å². The number of benzene rings is 2. The second-order valence-electron chi connectivity index (χ2n) is 7.51. The molecular weight excluding hydrogens is 334 g/mol. The first kappa shape index (κ1) is 15.4. The zero-order valence-corrected chi connectivity index (χ0v) is 14.8. The highest BCUT2D eigenvalue weighted by Gasteiger charge is 2.56. The van der Waals surface area contributed by atoms with Gasteiger partial charge in [0, 0.05) is 11.6 Å². The molecule has 3 aliphatic rings. The fraction of sp³-hybridized carbons (Fsp3) is 0.381. The third kappa shape index (κ3) is 2.26. The Bertz CT molecular complexity index is 843. The first-order chi connectivity index (χ1) is 12.1. The van der Waals surface area contributed by atoms with Crippen molar-refractivity contribution in [3.63, 3.8) is 0 Å². The summed E-state index contributed by atoms with van der Waals surface area (Å²) >= 11 is 6.01. The number of rotatable bonds is 2. The van der Waals surface area contributed by atoms with Crippen molar-refractivity contribution in [3.05, 3.63) is 70.2 Å². The van der Waals surface area contributed by atoms with E-state index in [9.17, 15) is 4.79 Å². The van der Waals surface area contributed by atoms with Crippen LogP contribution in [0.1, 0.15) is 36.0 Å². The van der Waals surface area contributed by atoms with E-state index in [0.29, 0.717) is 18.2 Å². The summed E-state index contributed by atoms with van der Waals surface area (Å²) in [5.41, 5.74) is 2.98. The SMILES string of the molecule is O=C(N1CC[C@@]2(C1)OCc1ccccc12)C1(c2ccc(Cl)cc2)CC1. The van der Waals surface area contributed by atoms with Crippen molar-refractivity contribution in [1.29, 1.82) is 0 Å². The van der Waals surface area contributed by atoms with Crippen LogP contribution in [0.15, 0.2) is 48.5 Å². The van der Waals surface area contributed by atoms with Crippen LogP contribution in [-0.4, -0.2) is 23.9 Å². The maximum Gasteiger partial charge on any atom is 0.233 e. The molecule has 2 fully saturated rings. The van der Waals surface area contributed by atoms with Gasteiger partial charge in [-0.1, -0.05) is 48.0 Å². The van der Waals surface area contributed by atoms with Crippen molar-refractivity contribution in [2.45, 2.75) is 36.9 Å². The van der Waals surface area contributed by atoms with Crippen molar-refractivity contribution in [3.8, 4) is 0 Å². The molecule has 4 heteroatoms. The second kappa shape index (κ2) is 5.33. The number of likely N-dealkylation sites (tertiary alicyclic amines) is 1. The van der Waals surface area contributed by atoms with Gasteiger partial charge in [-0.05, 0) is 48.1 Å². The number of nitrogens with zero attached hydrogens (tertiary/aromatic N) is 1. The molecule has 3 nitrogen and oxygen atoms in total. The Morgan fingerprint density at radius 2 is 1.80 bits per heavy atom.